The number of alkyl halides is 1. The molecular weight excluding hydrogens is 311 g/mol. The van der Waals surface area contributed by atoms with E-state index in [1.54, 1.807) is 12.1 Å². The van der Waals surface area contributed by atoms with Crippen LogP contribution in [0.5, 0.6) is 0 Å². The molecular formula is C11H10BrClO4. The van der Waals surface area contributed by atoms with Gasteiger partial charge in [-0.2, -0.15) is 0 Å². The molecule has 0 bridgehead atoms. The van der Waals surface area contributed by atoms with Gasteiger partial charge in [-0.3, -0.25) is 4.79 Å². The number of carbonyl (C=O) groups excluding carboxylic acids is 1. The van der Waals surface area contributed by atoms with Gasteiger partial charge in [-0.1, -0.05) is 22.0 Å². The van der Waals surface area contributed by atoms with E-state index in [2.05, 4.69) is 15.9 Å². The molecule has 0 aliphatic rings. The number of benzene rings is 1. The molecule has 0 saturated carbocycles. The van der Waals surface area contributed by atoms with Crippen LogP contribution in [0.1, 0.15) is 17.2 Å². The number of carboxylic acids is 1. The van der Waals surface area contributed by atoms with E-state index >= 15 is 0 Å². The van der Waals surface area contributed by atoms with Gasteiger partial charge >= 0.3 is 5.97 Å². The highest BCUT2D eigenvalue weighted by molar-refractivity contribution is 9.10. The van der Waals surface area contributed by atoms with Gasteiger partial charge in [0.25, 0.3) is 0 Å². The van der Waals surface area contributed by atoms with Crippen LogP contribution in [0, 0.1) is 0 Å². The molecule has 6 heteroatoms. The fourth-order valence-corrected chi connectivity index (χ4v) is 1.89. The molecule has 1 atom stereocenters. The molecule has 0 saturated heterocycles. The molecule has 0 aliphatic heterocycles. The molecule has 0 aromatic heterocycles. The highest BCUT2D eigenvalue weighted by atomic mass is 79.9. The van der Waals surface area contributed by atoms with Gasteiger partial charge in [0.15, 0.2) is 11.9 Å². The Bertz CT molecular complexity index is 447. The molecule has 0 aliphatic carbocycles. The number of aliphatic carboxylic acids is 1. The number of carbonyl (C=O) groups is 2. The molecule has 4 nitrogen and oxygen atoms in total. The minimum absolute atomic E-state index is 0.00259. The largest absolute Gasteiger partial charge is 0.479 e. The molecule has 0 fully saturated rings. The van der Waals surface area contributed by atoms with Gasteiger partial charge in [-0.25, -0.2) is 4.79 Å². The summed E-state index contributed by atoms with van der Waals surface area (Å²) < 4.78 is 0.705. The van der Waals surface area contributed by atoms with Crippen molar-refractivity contribution >= 4 is 39.3 Å². The first kappa shape index (κ1) is 14.2. The van der Waals surface area contributed by atoms with Crippen LogP contribution in [0.25, 0.3) is 0 Å². The number of halogens is 2. The Balaban J connectivity index is 3.11. The molecule has 17 heavy (non-hydrogen) atoms. The first-order valence-corrected chi connectivity index (χ1v) is 6.05. The average molecular weight is 322 g/mol. The van der Waals surface area contributed by atoms with E-state index in [-0.39, 0.29) is 23.6 Å². The molecule has 2 N–H and O–H groups in total. The third-order valence-electron chi connectivity index (χ3n) is 2.17. The van der Waals surface area contributed by atoms with Gasteiger partial charge < -0.3 is 10.2 Å². The lowest BCUT2D eigenvalue weighted by Crippen LogP contribution is -2.15. The Morgan fingerprint density at radius 3 is 2.59 bits per heavy atom. The second-order valence-electron chi connectivity index (χ2n) is 3.43. The summed E-state index contributed by atoms with van der Waals surface area (Å²) in [7, 11) is 0. The highest BCUT2D eigenvalue weighted by Crippen LogP contribution is 2.23. The summed E-state index contributed by atoms with van der Waals surface area (Å²) in [6, 6.07) is 4.68. The fraction of sp³-hybridized carbons (Fsp3) is 0.273. The maximum absolute atomic E-state index is 11.3. The quantitative estimate of drug-likeness (QED) is 0.813. The van der Waals surface area contributed by atoms with Crippen LogP contribution in [-0.2, 0) is 16.0 Å². The Hall–Kier alpha value is -0.910. The molecule has 0 spiro atoms. The van der Waals surface area contributed by atoms with Crippen molar-refractivity contribution in [1.82, 2.24) is 0 Å². The Morgan fingerprint density at radius 1 is 1.41 bits per heavy atom. The van der Waals surface area contributed by atoms with Crippen molar-refractivity contribution in [1.29, 1.82) is 0 Å². The van der Waals surface area contributed by atoms with E-state index in [1.807, 2.05) is 0 Å². The van der Waals surface area contributed by atoms with Gasteiger partial charge in [0.2, 0.25) is 0 Å². The number of hydrogen-bond acceptors (Lipinski definition) is 3. The second kappa shape index (κ2) is 6.14. The first-order valence-electron chi connectivity index (χ1n) is 4.72. The monoisotopic (exact) mass is 320 g/mol. The third-order valence-corrected chi connectivity index (χ3v) is 2.96. The summed E-state index contributed by atoms with van der Waals surface area (Å²) >= 11 is 8.62. The summed E-state index contributed by atoms with van der Waals surface area (Å²) in [4.78, 5) is 22.0. The van der Waals surface area contributed by atoms with E-state index in [1.165, 1.54) is 6.07 Å². The standard InChI is InChI=1S/C11H10BrClO4/c12-7-1-2-9(10(15)11(16)17)6(3-7)4-8(14)5-13/h1-3,10,15H,4-5H2,(H,16,17). The zero-order valence-corrected chi connectivity index (χ0v) is 11.0. The summed E-state index contributed by atoms with van der Waals surface area (Å²) in [5, 5.41) is 18.2. The maximum Gasteiger partial charge on any atom is 0.337 e. The van der Waals surface area contributed by atoms with Crippen molar-refractivity contribution in [3.63, 3.8) is 0 Å². The van der Waals surface area contributed by atoms with Gasteiger partial charge in [-0.05, 0) is 23.3 Å². The predicted molar refractivity (Wildman–Crippen MR) is 66.2 cm³/mol. The molecule has 1 aromatic rings. The maximum atomic E-state index is 11.3. The summed E-state index contributed by atoms with van der Waals surface area (Å²) in [5.41, 5.74) is 0.666. The molecule has 92 valence electrons. The molecule has 1 rings (SSSR count). The zero-order valence-electron chi connectivity index (χ0n) is 8.69. The second-order valence-corrected chi connectivity index (χ2v) is 4.62. The summed E-state index contributed by atoms with van der Waals surface area (Å²) in [6.07, 6.45) is -1.64. The van der Waals surface area contributed by atoms with Crippen molar-refractivity contribution < 1.29 is 19.8 Å². The SMILES string of the molecule is O=C(CCl)Cc1cc(Br)ccc1C(O)C(=O)O. The Labute approximate surface area is 111 Å². The Morgan fingerprint density at radius 2 is 2.06 bits per heavy atom. The van der Waals surface area contributed by atoms with Crippen LogP contribution in [0.3, 0.4) is 0 Å². The van der Waals surface area contributed by atoms with E-state index in [0.29, 0.717) is 10.0 Å². The van der Waals surface area contributed by atoms with Crippen molar-refractivity contribution in [3.05, 3.63) is 33.8 Å². The van der Waals surface area contributed by atoms with Gasteiger partial charge in [0.05, 0.1) is 5.88 Å². The van der Waals surface area contributed by atoms with E-state index in [4.69, 9.17) is 16.7 Å². The van der Waals surface area contributed by atoms with E-state index in [0.717, 1.165) is 0 Å². The third kappa shape index (κ3) is 3.80. The number of rotatable bonds is 5. The minimum Gasteiger partial charge on any atom is -0.479 e. The van der Waals surface area contributed by atoms with Gasteiger partial charge in [0.1, 0.15) is 0 Å². The van der Waals surface area contributed by atoms with Crippen LogP contribution in [0.2, 0.25) is 0 Å². The number of hydrogen-bond donors (Lipinski definition) is 2. The zero-order chi connectivity index (χ0) is 13.0. The normalized spacial score (nSPS) is 12.2. The lowest BCUT2D eigenvalue weighted by molar-refractivity contribution is -0.147. The lowest BCUT2D eigenvalue weighted by Gasteiger charge is -2.12. The molecule has 1 unspecified atom stereocenters. The molecule has 1 aromatic carbocycles. The van der Waals surface area contributed by atoms with Crippen LogP contribution in [0.4, 0.5) is 0 Å². The number of aliphatic hydroxyl groups is 1. The molecule has 0 heterocycles. The number of ketones is 1. The van der Waals surface area contributed by atoms with E-state index in [9.17, 15) is 14.7 Å². The van der Waals surface area contributed by atoms with Crippen molar-refractivity contribution in [2.24, 2.45) is 0 Å². The lowest BCUT2D eigenvalue weighted by atomic mass is 9.98. The smallest absolute Gasteiger partial charge is 0.337 e. The van der Waals surface area contributed by atoms with Gasteiger partial charge in [-0.15, -0.1) is 11.6 Å². The highest BCUT2D eigenvalue weighted by Gasteiger charge is 2.20. The van der Waals surface area contributed by atoms with Gasteiger partial charge in [0, 0.05) is 10.9 Å². The minimum atomic E-state index is -1.64. The average Bonchev–Trinajstić information content (AvgIpc) is 2.28. The van der Waals surface area contributed by atoms with E-state index < -0.39 is 12.1 Å². The van der Waals surface area contributed by atoms with Crippen LogP contribution < -0.4 is 0 Å². The van der Waals surface area contributed by atoms with Crippen LogP contribution >= 0.6 is 27.5 Å². The fourth-order valence-electron chi connectivity index (χ4n) is 1.39. The van der Waals surface area contributed by atoms with Crippen molar-refractivity contribution in [3.8, 4) is 0 Å². The molecule has 0 radical (unpaired) electrons. The predicted octanol–water partition coefficient (Wildman–Crippen LogP) is 1.92. The Kier molecular flexibility index (Phi) is 5.11. The number of carboxylic acid groups (broad SMARTS) is 1. The van der Waals surface area contributed by atoms with Crippen LogP contribution in [0.15, 0.2) is 22.7 Å². The number of Topliss-reactive ketones (excluding diaryl/α,β-unsaturated/α-hetero) is 1. The van der Waals surface area contributed by atoms with Crippen LogP contribution in [-0.4, -0.2) is 27.8 Å². The first-order chi connectivity index (χ1) is 7.95. The van der Waals surface area contributed by atoms with Crippen molar-refractivity contribution in [2.75, 3.05) is 5.88 Å². The number of aliphatic hydroxyl groups excluding tert-OH is 1. The summed E-state index contributed by atoms with van der Waals surface area (Å²) in [5.74, 6) is -1.73. The summed E-state index contributed by atoms with van der Waals surface area (Å²) in [6.45, 7) is 0. The topological polar surface area (TPSA) is 74.6 Å². The molecule has 0 amide bonds. The van der Waals surface area contributed by atoms with Crippen molar-refractivity contribution in [2.45, 2.75) is 12.5 Å².